The number of benzene rings is 2. The van der Waals surface area contributed by atoms with Crippen molar-refractivity contribution in [2.24, 2.45) is 0 Å². The average molecular weight is 364 g/mol. The van der Waals surface area contributed by atoms with Crippen LogP contribution < -0.4 is 19.5 Å². The first-order valence-electron chi connectivity index (χ1n) is 7.40. The van der Waals surface area contributed by atoms with E-state index in [1.54, 1.807) is 31.2 Å². The van der Waals surface area contributed by atoms with Gasteiger partial charge in [-0.15, -0.1) is 0 Å². The van der Waals surface area contributed by atoms with Crippen molar-refractivity contribution in [2.45, 2.75) is 11.8 Å². The number of nitrogens with one attached hydrogen (secondary N) is 2. The van der Waals surface area contributed by atoms with Crippen molar-refractivity contribution in [3.8, 4) is 11.5 Å². The van der Waals surface area contributed by atoms with Gasteiger partial charge in [-0.1, -0.05) is 6.07 Å². The molecule has 0 aliphatic heterocycles. The summed E-state index contributed by atoms with van der Waals surface area (Å²) in [4.78, 5) is 11.9. The van der Waals surface area contributed by atoms with E-state index in [0.29, 0.717) is 22.6 Å². The van der Waals surface area contributed by atoms with Gasteiger partial charge in [0.15, 0.2) is 0 Å². The van der Waals surface area contributed by atoms with Crippen LogP contribution in [0.3, 0.4) is 0 Å². The lowest BCUT2D eigenvalue weighted by Crippen LogP contribution is -2.20. The highest BCUT2D eigenvalue weighted by atomic mass is 32.2. The molecular formula is C17H20N2O5S. The summed E-state index contributed by atoms with van der Waals surface area (Å²) in [6, 6.07) is 9.11. The maximum Gasteiger partial charge on any atom is 0.262 e. The van der Waals surface area contributed by atoms with Crippen molar-refractivity contribution < 1.29 is 22.7 Å². The number of methoxy groups -OCH3 is 2. The second-order valence-electron chi connectivity index (χ2n) is 5.23. The lowest BCUT2D eigenvalue weighted by Gasteiger charge is -2.14. The van der Waals surface area contributed by atoms with Crippen LogP contribution in [0.25, 0.3) is 0 Å². The summed E-state index contributed by atoms with van der Waals surface area (Å²) >= 11 is 0. The largest absolute Gasteiger partial charge is 0.497 e. The van der Waals surface area contributed by atoms with E-state index in [2.05, 4.69) is 10.0 Å². The molecule has 0 unspecified atom stereocenters. The Kier molecular flexibility index (Phi) is 5.53. The Bertz CT molecular complexity index is 894. The molecule has 0 aromatic heterocycles. The maximum atomic E-state index is 12.7. The number of hydrogen-bond donors (Lipinski definition) is 2. The molecule has 0 saturated carbocycles. The van der Waals surface area contributed by atoms with Crippen molar-refractivity contribution >= 4 is 21.6 Å². The van der Waals surface area contributed by atoms with Gasteiger partial charge in [0.2, 0.25) is 0 Å². The lowest BCUT2D eigenvalue weighted by atomic mass is 10.1. The van der Waals surface area contributed by atoms with Crippen LogP contribution in [0.4, 0.5) is 5.69 Å². The molecule has 2 aromatic carbocycles. The van der Waals surface area contributed by atoms with Crippen LogP contribution in [0.5, 0.6) is 11.5 Å². The average Bonchev–Trinajstić information content (AvgIpc) is 2.61. The third kappa shape index (κ3) is 4.03. The Labute approximate surface area is 147 Å². The minimum atomic E-state index is -3.90. The van der Waals surface area contributed by atoms with E-state index in [9.17, 15) is 13.2 Å². The molecule has 0 spiro atoms. The van der Waals surface area contributed by atoms with Crippen LogP contribution in [-0.4, -0.2) is 35.6 Å². The second kappa shape index (κ2) is 7.43. The van der Waals surface area contributed by atoms with Gasteiger partial charge in [-0.2, -0.15) is 0 Å². The molecule has 1 amide bonds. The summed E-state index contributed by atoms with van der Waals surface area (Å²) in [5, 5.41) is 2.49. The Morgan fingerprint density at radius 3 is 2.36 bits per heavy atom. The highest BCUT2D eigenvalue weighted by Crippen LogP contribution is 2.31. The van der Waals surface area contributed by atoms with Crippen LogP contribution >= 0.6 is 0 Å². The fourth-order valence-electron chi connectivity index (χ4n) is 2.23. The zero-order chi connectivity index (χ0) is 18.6. The van der Waals surface area contributed by atoms with Gasteiger partial charge in [0, 0.05) is 18.7 Å². The second-order valence-corrected chi connectivity index (χ2v) is 6.91. The van der Waals surface area contributed by atoms with Crippen LogP contribution in [0, 0.1) is 6.92 Å². The normalized spacial score (nSPS) is 10.9. The summed E-state index contributed by atoms with van der Waals surface area (Å²) in [7, 11) is 0.530. The first kappa shape index (κ1) is 18.6. The molecule has 0 heterocycles. The number of carbonyl (C=O) groups excluding carboxylic acids is 1. The Morgan fingerprint density at radius 2 is 1.76 bits per heavy atom. The van der Waals surface area contributed by atoms with Crippen LogP contribution in [0.15, 0.2) is 41.3 Å². The van der Waals surface area contributed by atoms with Gasteiger partial charge >= 0.3 is 0 Å². The maximum absolute atomic E-state index is 12.7. The predicted molar refractivity (Wildman–Crippen MR) is 94.9 cm³/mol. The van der Waals surface area contributed by atoms with E-state index in [1.165, 1.54) is 33.4 Å². The van der Waals surface area contributed by atoms with Crippen molar-refractivity contribution in [1.29, 1.82) is 0 Å². The van der Waals surface area contributed by atoms with Crippen molar-refractivity contribution in [2.75, 3.05) is 26.0 Å². The molecule has 25 heavy (non-hydrogen) atoms. The molecule has 2 N–H and O–H groups in total. The number of carbonyl (C=O) groups is 1. The van der Waals surface area contributed by atoms with E-state index in [0.717, 1.165) is 0 Å². The van der Waals surface area contributed by atoms with E-state index in [1.807, 2.05) is 0 Å². The summed E-state index contributed by atoms with van der Waals surface area (Å²) in [5.41, 5.74) is 1.25. The van der Waals surface area contributed by atoms with Crippen LogP contribution in [-0.2, 0) is 10.0 Å². The monoisotopic (exact) mass is 364 g/mol. The topological polar surface area (TPSA) is 93.7 Å². The number of sulfonamides is 1. The van der Waals surface area contributed by atoms with E-state index >= 15 is 0 Å². The summed E-state index contributed by atoms with van der Waals surface area (Å²) in [5.74, 6) is 0.509. The number of amides is 1. The molecule has 0 aliphatic carbocycles. The molecule has 0 saturated heterocycles. The van der Waals surface area contributed by atoms with Crippen molar-refractivity contribution in [1.82, 2.24) is 5.32 Å². The third-order valence-electron chi connectivity index (χ3n) is 3.64. The number of aryl methyl sites for hydroxylation is 1. The van der Waals surface area contributed by atoms with Gasteiger partial charge in [0.25, 0.3) is 15.9 Å². The van der Waals surface area contributed by atoms with Gasteiger partial charge < -0.3 is 14.8 Å². The quantitative estimate of drug-likeness (QED) is 0.819. The van der Waals surface area contributed by atoms with Gasteiger partial charge in [-0.05, 0) is 36.8 Å². The molecule has 0 aliphatic rings. The summed E-state index contributed by atoms with van der Waals surface area (Å²) in [6.07, 6.45) is 0. The van der Waals surface area contributed by atoms with Crippen LogP contribution in [0.2, 0.25) is 0 Å². The highest BCUT2D eigenvalue weighted by molar-refractivity contribution is 7.92. The first-order valence-corrected chi connectivity index (χ1v) is 8.88. The van der Waals surface area contributed by atoms with Gasteiger partial charge in [0.1, 0.15) is 11.5 Å². The molecule has 134 valence electrons. The fraction of sp³-hybridized carbons (Fsp3) is 0.235. The number of anilines is 1. The predicted octanol–water partition coefficient (Wildman–Crippen LogP) is 2.17. The molecule has 2 rings (SSSR count). The first-order chi connectivity index (χ1) is 11.8. The zero-order valence-electron chi connectivity index (χ0n) is 14.4. The standard InChI is InChI=1S/C17H20N2O5S/c1-11-5-7-13(10-14(11)17(20)18-2)25(21,22)19-15-8-6-12(23-3)9-16(15)24-4/h5-10,19H,1-4H3,(H,18,20). The smallest absolute Gasteiger partial charge is 0.262 e. The van der Waals surface area contributed by atoms with Crippen LogP contribution in [0.1, 0.15) is 15.9 Å². The summed E-state index contributed by atoms with van der Waals surface area (Å²) < 4.78 is 38.1. The Hall–Kier alpha value is -2.74. The van der Waals surface area contributed by atoms with Gasteiger partial charge in [-0.3, -0.25) is 9.52 Å². The molecule has 8 heteroatoms. The lowest BCUT2D eigenvalue weighted by molar-refractivity contribution is 0.0962. The molecule has 2 aromatic rings. The molecule has 0 bridgehead atoms. The third-order valence-corrected chi connectivity index (χ3v) is 5.01. The summed E-state index contributed by atoms with van der Waals surface area (Å²) in [6.45, 7) is 1.74. The SMILES string of the molecule is CNC(=O)c1cc(S(=O)(=O)Nc2ccc(OC)cc2OC)ccc1C. The number of ether oxygens (including phenoxy) is 2. The Morgan fingerprint density at radius 1 is 1.04 bits per heavy atom. The van der Waals surface area contributed by atoms with Crippen molar-refractivity contribution in [3.63, 3.8) is 0 Å². The van der Waals surface area contributed by atoms with E-state index in [4.69, 9.17) is 9.47 Å². The molecular weight excluding hydrogens is 344 g/mol. The van der Waals surface area contributed by atoms with Gasteiger partial charge in [0.05, 0.1) is 24.8 Å². The minimum absolute atomic E-state index is 0.0189. The molecule has 0 atom stereocenters. The molecule has 0 radical (unpaired) electrons. The van der Waals surface area contributed by atoms with Gasteiger partial charge in [-0.25, -0.2) is 8.42 Å². The zero-order valence-corrected chi connectivity index (χ0v) is 15.2. The highest BCUT2D eigenvalue weighted by Gasteiger charge is 2.19. The van der Waals surface area contributed by atoms with E-state index in [-0.39, 0.29) is 16.5 Å². The van der Waals surface area contributed by atoms with Crippen molar-refractivity contribution in [3.05, 3.63) is 47.5 Å². The molecule has 7 nitrogen and oxygen atoms in total. The Balaban J connectivity index is 2.42. The molecule has 0 fully saturated rings. The fourth-order valence-corrected chi connectivity index (χ4v) is 3.33. The minimum Gasteiger partial charge on any atom is -0.497 e. The number of hydrogen-bond acceptors (Lipinski definition) is 5. The number of rotatable bonds is 6. The van der Waals surface area contributed by atoms with E-state index < -0.39 is 10.0 Å².